The van der Waals surface area contributed by atoms with Crippen LogP contribution in [0, 0.1) is 0 Å². The molecule has 28 heavy (non-hydrogen) atoms. The van der Waals surface area contributed by atoms with Crippen LogP contribution in [0.1, 0.15) is 26.4 Å². The van der Waals surface area contributed by atoms with Gasteiger partial charge in [0, 0.05) is 24.0 Å². The Bertz CT molecular complexity index is 1050. The van der Waals surface area contributed by atoms with Crippen LogP contribution >= 0.6 is 0 Å². The smallest absolute Gasteiger partial charge is 0.337 e. The second kappa shape index (κ2) is 7.48. The van der Waals surface area contributed by atoms with Crippen LogP contribution in [0.4, 0.5) is 17.2 Å². The van der Waals surface area contributed by atoms with E-state index in [4.69, 9.17) is 4.74 Å². The molecule has 7 heteroatoms. The van der Waals surface area contributed by atoms with Crippen molar-refractivity contribution in [2.24, 2.45) is 0 Å². The lowest BCUT2D eigenvalue weighted by atomic mass is 10.2. The molecule has 2 heterocycles. The number of hydrogen-bond acceptors (Lipinski definition) is 6. The minimum atomic E-state index is -0.465. The normalized spacial score (nSPS) is 12.4. The van der Waals surface area contributed by atoms with Gasteiger partial charge >= 0.3 is 5.97 Å². The summed E-state index contributed by atoms with van der Waals surface area (Å²) in [4.78, 5) is 34.8. The summed E-state index contributed by atoms with van der Waals surface area (Å²) in [6, 6.07) is 16.4. The number of nitrogens with one attached hydrogen (secondary N) is 1. The van der Waals surface area contributed by atoms with Gasteiger partial charge < -0.3 is 15.0 Å². The number of methoxy groups -OCH3 is 1. The lowest BCUT2D eigenvalue weighted by Crippen LogP contribution is -2.18. The van der Waals surface area contributed by atoms with E-state index in [1.807, 2.05) is 18.2 Å². The summed E-state index contributed by atoms with van der Waals surface area (Å²) in [5.41, 5.74) is 3.44. The molecule has 0 fully saturated rings. The van der Waals surface area contributed by atoms with Crippen LogP contribution in [0.5, 0.6) is 0 Å². The van der Waals surface area contributed by atoms with E-state index in [0.717, 1.165) is 18.7 Å². The minimum Gasteiger partial charge on any atom is -0.465 e. The fourth-order valence-corrected chi connectivity index (χ4v) is 3.23. The average Bonchev–Trinajstić information content (AvgIpc) is 3.17. The molecule has 1 aromatic heterocycles. The Hall–Kier alpha value is -3.74. The molecule has 3 aromatic rings. The van der Waals surface area contributed by atoms with E-state index in [2.05, 4.69) is 26.3 Å². The van der Waals surface area contributed by atoms with Crippen LogP contribution in [0.3, 0.4) is 0 Å². The lowest BCUT2D eigenvalue weighted by molar-refractivity contribution is 0.0600. The molecule has 0 bridgehead atoms. The van der Waals surface area contributed by atoms with Crippen molar-refractivity contribution in [1.29, 1.82) is 0 Å². The molecule has 0 saturated heterocycles. The molecule has 0 aliphatic carbocycles. The fraction of sp³-hybridized carbons (Fsp3) is 0.143. The van der Waals surface area contributed by atoms with Crippen molar-refractivity contribution in [2.75, 3.05) is 23.9 Å². The minimum absolute atomic E-state index is 0.248. The fourth-order valence-electron chi connectivity index (χ4n) is 3.23. The number of rotatable bonds is 4. The number of fused-ring (bicyclic) bond motifs is 1. The third-order valence-electron chi connectivity index (χ3n) is 4.59. The van der Waals surface area contributed by atoms with E-state index in [1.165, 1.54) is 19.0 Å². The Kier molecular flexibility index (Phi) is 4.72. The van der Waals surface area contributed by atoms with Crippen LogP contribution in [-0.4, -0.2) is 35.5 Å². The largest absolute Gasteiger partial charge is 0.465 e. The van der Waals surface area contributed by atoms with Crippen molar-refractivity contribution >= 4 is 29.1 Å². The maximum Gasteiger partial charge on any atom is 0.337 e. The molecule has 0 radical (unpaired) electrons. The van der Waals surface area contributed by atoms with Gasteiger partial charge in [-0.1, -0.05) is 24.3 Å². The highest BCUT2D eigenvalue weighted by Gasteiger charge is 2.22. The zero-order chi connectivity index (χ0) is 19.5. The molecule has 4 rings (SSSR count). The molecule has 0 unspecified atom stereocenters. The standard InChI is InChI=1S/C21H18N4O3/c1-28-21(27)15-6-4-7-16(11-15)24-20(26)17-12-19(23-13-22-17)25-10-9-14-5-2-3-8-18(14)25/h2-8,11-13H,9-10H2,1H3,(H,24,26). The predicted octanol–water partition coefficient (Wildman–Crippen LogP) is 3.21. The molecule has 2 aromatic carbocycles. The third kappa shape index (κ3) is 3.42. The number of para-hydroxylation sites is 1. The quantitative estimate of drug-likeness (QED) is 0.706. The first-order chi connectivity index (χ1) is 13.7. The SMILES string of the molecule is COC(=O)c1cccc(NC(=O)c2cc(N3CCc4ccccc43)ncn2)c1. The maximum absolute atomic E-state index is 12.6. The topological polar surface area (TPSA) is 84.4 Å². The molecule has 7 nitrogen and oxygen atoms in total. The number of nitrogens with zero attached hydrogens (tertiary/aromatic N) is 3. The molecule has 1 aliphatic heterocycles. The zero-order valence-corrected chi connectivity index (χ0v) is 15.3. The first-order valence-electron chi connectivity index (χ1n) is 8.83. The number of carbonyl (C=O) groups is 2. The Balaban J connectivity index is 1.55. The molecule has 0 saturated carbocycles. The van der Waals surface area contributed by atoms with Gasteiger partial charge in [-0.25, -0.2) is 14.8 Å². The second-order valence-electron chi connectivity index (χ2n) is 6.32. The number of carbonyl (C=O) groups excluding carboxylic acids is 2. The lowest BCUT2D eigenvalue weighted by Gasteiger charge is -2.18. The van der Waals surface area contributed by atoms with E-state index in [-0.39, 0.29) is 11.6 Å². The first kappa shape index (κ1) is 17.7. The number of esters is 1. The van der Waals surface area contributed by atoms with Gasteiger partial charge in [-0.2, -0.15) is 0 Å². The number of aromatic nitrogens is 2. The first-order valence-corrected chi connectivity index (χ1v) is 8.83. The molecule has 0 atom stereocenters. The van der Waals surface area contributed by atoms with E-state index >= 15 is 0 Å². The van der Waals surface area contributed by atoms with Gasteiger partial charge in [-0.05, 0) is 36.2 Å². The summed E-state index contributed by atoms with van der Waals surface area (Å²) in [5.74, 6) is -0.167. The molecule has 1 amide bonds. The van der Waals surface area contributed by atoms with Crippen molar-refractivity contribution in [3.8, 4) is 0 Å². The maximum atomic E-state index is 12.6. The number of amides is 1. The number of ether oxygens (including phenoxy) is 1. The van der Waals surface area contributed by atoms with Crippen LogP contribution in [0.25, 0.3) is 0 Å². The van der Waals surface area contributed by atoms with Crippen molar-refractivity contribution in [3.63, 3.8) is 0 Å². The number of hydrogen-bond donors (Lipinski definition) is 1. The summed E-state index contributed by atoms with van der Waals surface area (Å²) in [6.07, 6.45) is 2.32. The van der Waals surface area contributed by atoms with E-state index in [1.54, 1.807) is 30.3 Å². The highest BCUT2D eigenvalue weighted by atomic mass is 16.5. The summed E-state index contributed by atoms with van der Waals surface area (Å²) < 4.78 is 4.70. The molecular formula is C21H18N4O3. The van der Waals surface area contributed by atoms with Crippen LogP contribution in [0.2, 0.25) is 0 Å². The number of anilines is 3. The molecule has 1 N–H and O–H groups in total. The zero-order valence-electron chi connectivity index (χ0n) is 15.3. The van der Waals surface area contributed by atoms with Crippen LogP contribution in [-0.2, 0) is 11.2 Å². The summed E-state index contributed by atoms with van der Waals surface area (Å²) >= 11 is 0. The van der Waals surface area contributed by atoms with Crippen LogP contribution in [0.15, 0.2) is 60.9 Å². The van der Waals surface area contributed by atoms with Gasteiger partial charge in [0.05, 0.1) is 12.7 Å². The van der Waals surface area contributed by atoms with E-state index in [0.29, 0.717) is 17.1 Å². The highest BCUT2D eigenvalue weighted by Crippen LogP contribution is 2.33. The number of benzene rings is 2. The Morgan fingerprint density at radius 3 is 2.79 bits per heavy atom. The molecule has 140 valence electrons. The Labute approximate surface area is 162 Å². The Morgan fingerprint density at radius 1 is 1.07 bits per heavy atom. The van der Waals surface area contributed by atoms with Gasteiger partial charge in [0.15, 0.2) is 0 Å². The van der Waals surface area contributed by atoms with E-state index in [9.17, 15) is 9.59 Å². The van der Waals surface area contributed by atoms with Crippen molar-refractivity contribution in [3.05, 3.63) is 77.7 Å². The van der Waals surface area contributed by atoms with Crippen LogP contribution < -0.4 is 10.2 Å². The average molecular weight is 374 g/mol. The van der Waals surface area contributed by atoms with Gasteiger partial charge in [0.1, 0.15) is 17.8 Å². The van der Waals surface area contributed by atoms with Gasteiger partial charge in [0.25, 0.3) is 5.91 Å². The second-order valence-corrected chi connectivity index (χ2v) is 6.32. The van der Waals surface area contributed by atoms with Crippen molar-refractivity contribution in [1.82, 2.24) is 9.97 Å². The highest BCUT2D eigenvalue weighted by molar-refractivity contribution is 6.04. The third-order valence-corrected chi connectivity index (χ3v) is 4.59. The monoisotopic (exact) mass is 374 g/mol. The molecule has 1 aliphatic rings. The van der Waals surface area contributed by atoms with Gasteiger partial charge in [-0.15, -0.1) is 0 Å². The molecular weight excluding hydrogens is 356 g/mol. The summed E-state index contributed by atoms with van der Waals surface area (Å²) in [5, 5.41) is 2.76. The van der Waals surface area contributed by atoms with Gasteiger partial charge in [-0.3, -0.25) is 4.79 Å². The van der Waals surface area contributed by atoms with Gasteiger partial charge in [0.2, 0.25) is 0 Å². The summed E-state index contributed by atoms with van der Waals surface area (Å²) in [6.45, 7) is 0.804. The Morgan fingerprint density at radius 2 is 1.93 bits per heavy atom. The van der Waals surface area contributed by atoms with E-state index < -0.39 is 5.97 Å². The molecule has 0 spiro atoms. The van der Waals surface area contributed by atoms with Crippen molar-refractivity contribution < 1.29 is 14.3 Å². The van der Waals surface area contributed by atoms with Crippen molar-refractivity contribution in [2.45, 2.75) is 6.42 Å². The summed E-state index contributed by atoms with van der Waals surface area (Å²) in [7, 11) is 1.31. The predicted molar refractivity (Wildman–Crippen MR) is 105 cm³/mol.